The van der Waals surface area contributed by atoms with Crippen molar-refractivity contribution in [2.24, 2.45) is 0 Å². The summed E-state index contributed by atoms with van der Waals surface area (Å²) in [6.07, 6.45) is -5.60. The van der Waals surface area contributed by atoms with Gasteiger partial charge in [0.05, 0.1) is 28.2 Å². The number of benzene rings is 1. The maximum Gasteiger partial charge on any atom is 0.573 e. The highest BCUT2D eigenvalue weighted by molar-refractivity contribution is 7.84. The van der Waals surface area contributed by atoms with E-state index >= 15 is 0 Å². The summed E-state index contributed by atoms with van der Waals surface area (Å²) in [5.74, 6) is -1.93. The second-order valence-corrected chi connectivity index (χ2v) is 8.25. The molecule has 0 aliphatic rings. The summed E-state index contributed by atoms with van der Waals surface area (Å²) in [6.45, 7) is 4.90. The number of carboxylic acid groups (broad SMARTS) is 1. The van der Waals surface area contributed by atoms with Gasteiger partial charge in [-0.15, -0.1) is 13.2 Å². The van der Waals surface area contributed by atoms with Crippen molar-refractivity contribution >= 4 is 28.6 Å². The van der Waals surface area contributed by atoms with Crippen molar-refractivity contribution in [1.82, 2.24) is 4.72 Å². The molecule has 1 aromatic carbocycles. The van der Waals surface area contributed by atoms with Crippen LogP contribution in [0.15, 0.2) is 18.2 Å². The zero-order valence-electron chi connectivity index (χ0n) is 13.1. The molecule has 1 aromatic rings. The minimum Gasteiger partial charge on any atom is -0.481 e. The Balaban J connectivity index is 3.32. The minimum absolute atomic E-state index is 0.124. The van der Waals surface area contributed by atoms with Crippen molar-refractivity contribution in [3.8, 4) is 5.75 Å². The van der Waals surface area contributed by atoms with E-state index in [4.69, 9.17) is 16.7 Å². The molecule has 0 aliphatic heterocycles. The van der Waals surface area contributed by atoms with E-state index in [-0.39, 0.29) is 10.6 Å². The van der Waals surface area contributed by atoms with Crippen LogP contribution in [0.1, 0.15) is 38.8 Å². The summed E-state index contributed by atoms with van der Waals surface area (Å²) >= 11 is 5.95. The minimum atomic E-state index is -4.98. The second kappa shape index (κ2) is 7.71. The first kappa shape index (κ1) is 20.7. The maximum absolute atomic E-state index is 12.6. The maximum atomic E-state index is 12.6. The number of rotatable bonds is 6. The lowest BCUT2D eigenvalue weighted by molar-refractivity contribution is -0.275. The number of ether oxygens (including phenoxy) is 1. The van der Waals surface area contributed by atoms with Crippen molar-refractivity contribution in [2.45, 2.75) is 44.3 Å². The highest BCUT2D eigenvalue weighted by atomic mass is 35.5. The van der Waals surface area contributed by atoms with E-state index in [1.807, 2.05) is 0 Å². The normalized spacial score (nSPS) is 15.0. The van der Waals surface area contributed by atoms with Gasteiger partial charge in [0.25, 0.3) is 0 Å². The van der Waals surface area contributed by atoms with E-state index in [0.717, 1.165) is 6.07 Å². The van der Waals surface area contributed by atoms with Gasteiger partial charge in [0.15, 0.2) is 0 Å². The van der Waals surface area contributed by atoms with E-state index in [1.54, 1.807) is 20.8 Å². The van der Waals surface area contributed by atoms with E-state index in [0.29, 0.717) is 0 Å². The van der Waals surface area contributed by atoms with E-state index < -0.39 is 46.3 Å². The van der Waals surface area contributed by atoms with Crippen molar-refractivity contribution in [1.29, 1.82) is 0 Å². The zero-order valence-corrected chi connectivity index (χ0v) is 14.7. The third-order valence-electron chi connectivity index (χ3n) is 2.77. The summed E-state index contributed by atoms with van der Waals surface area (Å²) in [5.41, 5.74) is -0.212. The number of aliphatic carboxylic acids is 1. The Morgan fingerprint density at radius 2 is 1.96 bits per heavy atom. The van der Waals surface area contributed by atoms with Crippen LogP contribution in [0, 0.1) is 0 Å². The van der Waals surface area contributed by atoms with Gasteiger partial charge in [-0.25, -0.2) is 8.93 Å². The molecule has 0 fully saturated rings. The van der Waals surface area contributed by atoms with E-state index in [1.165, 1.54) is 12.1 Å². The Kier molecular flexibility index (Phi) is 6.66. The lowest BCUT2D eigenvalue weighted by Crippen LogP contribution is -2.37. The van der Waals surface area contributed by atoms with Crippen LogP contribution in [-0.2, 0) is 15.8 Å². The average Bonchev–Trinajstić information content (AvgIpc) is 2.34. The molecular formula is C14H17ClF3NO4S. The van der Waals surface area contributed by atoms with Crippen LogP contribution >= 0.6 is 11.6 Å². The molecule has 0 heterocycles. The highest BCUT2D eigenvalue weighted by Gasteiger charge is 2.35. The number of alkyl halides is 3. The first-order chi connectivity index (χ1) is 10.8. The molecule has 0 radical (unpaired) electrons. The summed E-state index contributed by atoms with van der Waals surface area (Å²) in [6, 6.07) is 2.33. The summed E-state index contributed by atoms with van der Waals surface area (Å²) in [5, 5.41) is 8.91. The lowest BCUT2D eigenvalue weighted by atomic mass is 10.0. The molecule has 24 heavy (non-hydrogen) atoms. The lowest BCUT2D eigenvalue weighted by Gasteiger charge is -2.26. The number of nitrogens with one attached hydrogen (secondary N) is 1. The van der Waals surface area contributed by atoms with Crippen LogP contribution in [0.3, 0.4) is 0 Å². The van der Waals surface area contributed by atoms with Crippen LogP contribution in [0.25, 0.3) is 0 Å². The quantitative estimate of drug-likeness (QED) is 0.778. The van der Waals surface area contributed by atoms with Gasteiger partial charge in [-0.2, -0.15) is 0 Å². The number of carboxylic acids is 1. The molecule has 0 bridgehead atoms. The Morgan fingerprint density at radius 1 is 1.38 bits per heavy atom. The van der Waals surface area contributed by atoms with Crippen molar-refractivity contribution < 1.29 is 32.0 Å². The van der Waals surface area contributed by atoms with Gasteiger partial charge in [-0.05, 0) is 32.9 Å². The molecule has 0 saturated heterocycles. The van der Waals surface area contributed by atoms with Gasteiger partial charge in [0, 0.05) is 10.6 Å². The van der Waals surface area contributed by atoms with Crippen molar-refractivity contribution in [2.75, 3.05) is 0 Å². The molecular weight excluding hydrogens is 371 g/mol. The SMILES string of the molecule is CC(C)(C)S(=O)N[C@H](CC(=O)O)c1c(Cl)cccc1OC(F)(F)F. The zero-order chi connectivity index (χ0) is 18.7. The molecule has 0 amide bonds. The molecule has 0 aromatic heterocycles. The number of hydrogen-bond acceptors (Lipinski definition) is 3. The Labute approximate surface area is 144 Å². The predicted octanol–water partition coefficient (Wildman–Crippen LogP) is 3.81. The summed E-state index contributed by atoms with van der Waals surface area (Å²) < 4.78 is 55.6. The largest absolute Gasteiger partial charge is 0.573 e. The van der Waals surface area contributed by atoms with Crippen molar-refractivity contribution in [3.63, 3.8) is 0 Å². The summed E-state index contributed by atoms with van der Waals surface area (Å²) in [4.78, 5) is 11.1. The molecule has 136 valence electrons. The van der Waals surface area contributed by atoms with Crippen LogP contribution in [-0.4, -0.2) is 26.4 Å². The molecule has 0 saturated carbocycles. The Morgan fingerprint density at radius 3 is 2.42 bits per heavy atom. The van der Waals surface area contributed by atoms with Gasteiger partial charge < -0.3 is 9.84 Å². The fraction of sp³-hybridized carbons (Fsp3) is 0.500. The molecule has 1 rings (SSSR count). The third-order valence-corrected chi connectivity index (χ3v) is 4.71. The van der Waals surface area contributed by atoms with E-state index in [9.17, 15) is 22.2 Å². The molecule has 10 heteroatoms. The topological polar surface area (TPSA) is 75.6 Å². The van der Waals surface area contributed by atoms with Gasteiger partial charge >= 0.3 is 12.3 Å². The fourth-order valence-corrected chi connectivity index (χ4v) is 2.86. The van der Waals surface area contributed by atoms with Crippen molar-refractivity contribution in [3.05, 3.63) is 28.8 Å². The number of halogens is 4. The third kappa shape index (κ3) is 6.29. The molecule has 0 spiro atoms. The Hall–Kier alpha value is -1.32. The van der Waals surface area contributed by atoms with Crippen LogP contribution in [0.5, 0.6) is 5.75 Å². The molecule has 5 nitrogen and oxygen atoms in total. The molecule has 2 N–H and O–H groups in total. The highest BCUT2D eigenvalue weighted by Crippen LogP contribution is 2.37. The second-order valence-electron chi connectivity index (χ2n) is 5.85. The smallest absolute Gasteiger partial charge is 0.481 e. The number of hydrogen-bond donors (Lipinski definition) is 2. The van der Waals surface area contributed by atoms with Gasteiger partial charge in [-0.1, -0.05) is 17.7 Å². The number of carbonyl (C=O) groups is 1. The Bertz CT molecular complexity index is 631. The predicted molar refractivity (Wildman–Crippen MR) is 84.2 cm³/mol. The molecule has 2 atom stereocenters. The van der Waals surface area contributed by atoms with Gasteiger partial charge in [-0.3, -0.25) is 4.79 Å². The molecule has 0 aliphatic carbocycles. The molecule has 1 unspecified atom stereocenters. The summed E-state index contributed by atoms with van der Waals surface area (Å²) in [7, 11) is -1.73. The fourth-order valence-electron chi connectivity index (χ4n) is 1.75. The van der Waals surface area contributed by atoms with Crippen LogP contribution in [0.4, 0.5) is 13.2 Å². The van der Waals surface area contributed by atoms with Gasteiger partial charge in [0.2, 0.25) is 0 Å². The van der Waals surface area contributed by atoms with Crippen LogP contribution < -0.4 is 9.46 Å². The van der Waals surface area contributed by atoms with E-state index in [2.05, 4.69) is 9.46 Å². The average molecular weight is 388 g/mol. The monoisotopic (exact) mass is 387 g/mol. The first-order valence-electron chi connectivity index (χ1n) is 6.75. The van der Waals surface area contributed by atoms with Crippen LogP contribution in [0.2, 0.25) is 5.02 Å². The standard InChI is InChI=1S/C14H17ClF3NO4S/c1-13(2,3)24(22)19-9(7-11(20)21)12-8(15)5-4-6-10(12)23-14(16,17)18/h4-6,9,19H,7H2,1-3H3,(H,20,21)/t9-,24?/m1/s1. The first-order valence-corrected chi connectivity index (χ1v) is 8.28. The van der Waals surface area contributed by atoms with Gasteiger partial charge in [0.1, 0.15) is 5.75 Å².